The van der Waals surface area contributed by atoms with Gasteiger partial charge in [0.05, 0.1) is 0 Å². The summed E-state index contributed by atoms with van der Waals surface area (Å²) in [5.74, 6) is 0.716. The number of hydrazine groups is 1. The maximum atomic E-state index is 12.0. The Morgan fingerprint density at radius 1 is 1.14 bits per heavy atom. The van der Waals surface area contributed by atoms with E-state index in [0.29, 0.717) is 0 Å². The molecule has 1 amide bonds. The first-order chi connectivity index (χ1) is 9.95. The number of piperazine rings is 1. The first-order valence-electron chi connectivity index (χ1n) is 7.39. The Bertz CT molecular complexity index is 485. The number of amides is 1. The molecule has 1 aliphatic rings. The highest BCUT2D eigenvalue weighted by molar-refractivity contribution is 5.77. The minimum Gasteiger partial charge on any atom is -0.483 e. The van der Waals surface area contributed by atoms with Gasteiger partial charge in [-0.15, -0.1) is 0 Å². The number of carbonyl (C=O) groups excluding carboxylic acids is 1. The van der Waals surface area contributed by atoms with Crippen molar-refractivity contribution in [2.75, 3.05) is 39.8 Å². The van der Waals surface area contributed by atoms with Crippen molar-refractivity contribution < 1.29 is 9.53 Å². The Balaban J connectivity index is 1.84. The highest BCUT2D eigenvalue weighted by atomic mass is 16.5. The van der Waals surface area contributed by atoms with Gasteiger partial charge in [0.2, 0.25) is 0 Å². The fraction of sp³-hybridized carbons (Fsp3) is 0.562. The normalized spacial score (nSPS) is 16.8. The van der Waals surface area contributed by atoms with Gasteiger partial charge in [0, 0.05) is 26.2 Å². The number of rotatable bonds is 4. The monoisotopic (exact) mass is 291 g/mol. The Labute approximate surface area is 126 Å². The van der Waals surface area contributed by atoms with Crippen LogP contribution in [0.25, 0.3) is 0 Å². The van der Waals surface area contributed by atoms with Crippen LogP contribution in [0, 0.1) is 20.8 Å². The van der Waals surface area contributed by atoms with Crippen LogP contribution in [0.3, 0.4) is 0 Å². The van der Waals surface area contributed by atoms with E-state index >= 15 is 0 Å². The molecule has 1 saturated heterocycles. The van der Waals surface area contributed by atoms with E-state index < -0.39 is 0 Å². The van der Waals surface area contributed by atoms with Gasteiger partial charge < -0.3 is 9.64 Å². The molecule has 1 aromatic carbocycles. The lowest BCUT2D eigenvalue weighted by Gasteiger charge is -2.32. The minimum atomic E-state index is -0.0982. The lowest BCUT2D eigenvalue weighted by atomic mass is 10.1. The number of carbonyl (C=O) groups is 1. The van der Waals surface area contributed by atoms with Crippen LogP contribution in [0.5, 0.6) is 5.75 Å². The maximum Gasteiger partial charge on any atom is 0.272 e. The zero-order valence-electron chi connectivity index (χ0n) is 13.4. The molecule has 0 radical (unpaired) electrons. The van der Waals surface area contributed by atoms with E-state index in [9.17, 15) is 4.79 Å². The van der Waals surface area contributed by atoms with Gasteiger partial charge in [-0.1, -0.05) is 17.7 Å². The molecule has 1 N–H and O–H groups in total. The number of aryl methyl sites for hydroxylation is 3. The highest BCUT2D eigenvalue weighted by Crippen LogP contribution is 2.24. The fourth-order valence-corrected chi connectivity index (χ4v) is 2.66. The molecular formula is C16H25N3O2. The summed E-state index contributed by atoms with van der Waals surface area (Å²) in [6, 6.07) is 4.14. The molecule has 2 rings (SSSR count). The minimum absolute atomic E-state index is 0.0527. The predicted molar refractivity (Wildman–Crippen MR) is 83.4 cm³/mol. The Kier molecular flexibility index (Phi) is 5.20. The van der Waals surface area contributed by atoms with E-state index in [1.165, 1.54) is 5.56 Å². The molecule has 0 spiro atoms. The molecule has 0 atom stereocenters. The number of ether oxygens (including phenoxy) is 1. The van der Waals surface area contributed by atoms with Gasteiger partial charge in [-0.3, -0.25) is 10.2 Å². The third-order valence-corrected chi connectivity index (χ3v) is 3.74. The van der Waals surface area contributed by atoms with Crippen molar-refractivity contribution in [3.8, 4) is 5.75 Å². The molecule has 0 aliphatic carbocycles. The van der Waals surface area contributed by atoms with Crippen molar-refractivity contribution in [3.63, 3.8) is 0 Å². The predicted octanol–water partition coefficient (Wildman–Crippen LogP) is 1.27. The summed E-state index contributed by atoms with van der Waals surface area (Å²) in [6.07, 6.45) is 0. The van der Waals surface area contributed by atoms with E-state index in [2.05, 4.69) is 36.4 Å². The lowest BCUT2D eigenvalue weighted by molar-refractivity contribution is -0.128. The van der Waals surface area contributed by atoms with Crippen LogP contribution in [0.15, 0.2) is 12.1 Å². The SMILES string of the molecule is Cc1cc(C)c(OCC(=O)NN2CCN(C)CC2)c(C)c1. The zero-order chi connectivity index (χ0) is 15.4. The molecule has 0 bridgehead atoms. The van der Waals surface area contributed by atoms with Crippen molar-refractivity contribution in [1.82, 2.24) is 15.3 Å². The van der Waals surface area contributed by atoms with E-state index in [4.69, 9.17) is 4.74 Å². The zero-order valence-corrected chi connectivity index (χ0v) is 13.4. The van der Waals surface area contributed by atoms with Gasteiger partial charge in [0.15, 0.2) is 6.61 Å². The van der Waals surface area contributed by atoms with Crippen LogP contribution < -0.4 is 10.2 Å². The summed E-state index contributed by atoms with van der Waals surface area (Å²) in [7, 11) is 2.09. The average molecular weight is 291 g/mol. The van der Waals surface area contributed by atoms with Crippen LogP contribution >= 0.6 is 0 Å². The Morgan fingerprint density at radius 2 is 1.71 bits per heavy atom. The van der Waals surface area contributed by atoms with E-state index in [1.807, 2.05) is 18.9 Å². The topological polar surface area (TPSA) is 44.8 Å². The summed E-state index contributed by atoms with van der Waals surface area (Å²) >= 11 is 0. The van der Waals surface area contributed by atoms with Gasteiger partial charge in [0.25, 0.3) is 5.91 Å². The molecular weight excluding hydrogens is 266 g/mol. The van der Waals surface area contributed by atoms with E-state index in [-0.39, 0.29) is 12.5 Å². The molecule has 0 saturated carbocycles. The number of benzene rings is 1. The van der Waals surface area contributed by atoms with Crippen molar-refractivity contribution in [2.45, 2.75) is 20.8 Å². The van der Waals surface area contributed by atoms with E-state index in [0.717, 1.165) is 43.1 Å². The lowest BCUT2D eigenvalue weighted by Crippen LogP contribution is -2.53. The molecule has 1 aromatic rings. The summed E-state index contributed by atoms with van der Waals surface area (Å²) in [4.78, 5) is 14.2. The number of nitrogens with zero attached hydrogens (tertiary/aromatic N) is 2. The van der Waals surface area contributed by atoms with Crippen LogP contribution in [0.2, 0.25) is 0 Å². The Morgan fingerprint density at radius 3 is 2.29 bits per heavy atom. The largest absolute Gasteiger partial charge is 0.483 e. The molecule has 5 nitrogen and oxygen atoms in total. The van der Waals surface area contributed by atoms with Gasteiger partial charge >= 0.3 is 0 Å². The first-order valence-corrected chi connectivity index (χ1v) is 7.39. The summed E-state index contributed by atoms with van der Waals surface area (Å²) in [5.41, 5.74) is 6.25. The quantitative estimate of drug-likeness (QED) is 0.907. The number of nitrogens with one attached hydrogen (secondary N) is 1. The first kappa shape index (κ1) is 15.8. The number of likely N-dealkylation sites (N-methyl/N-ethyl adjacent to an activating group) is 1. The van der Waals surface area contributed by atoms with Crippen LogP contribution in [0.4, 0.5) is 0 Å². The second-order valence-corrected chi connectivity index (χ2v) is 5.84. The van der Waals surface area contributed by atoms with Crippen molar-refractivity contribution in [2.24, 2.45) is 0 Å². The standard InChI is InChI=1S/C16H25N3O2/c1-12-9-13(2)16(14(3)10-12)21-11-15(20)17-19-7-5-18(4)6-8-19/h9-10H,5-8,11H2,1-4H3,(H,17,20). The fourth-order valence-electron chi connectivity index (χ4n) is 2.66. The van der Waals surface area contributed by atoms with Crippen LogP contribution in [0.1, 0.15) is 16.7 Å². The van der Waals surface area contributed by atoms with Crippen LogP contribution in [-0.2, 0) is 4.79 Å². The van der Waals surface area contributed by atoms with Crippen molar-refractivity contribution >= 4 is 5.91 Å². The smallest absolute Gasteiger partial charge is 0.272 e. The summed E-state index contributed by atoms with van der Waals surface area (Å²) in [5, 5.41) is 1.96. The third-order valence-electron chi connectivity index (χ3n) is 3.74. The van der Waals surface area contributed by atoms with Crippen LogP contribution in [-0.4, -0.2) is 55.6 Å². The molecule has 0 aromatic heterocycles. The molecule has 21 heavy (non-hydrogen) atoms. The second kappa shape index (κ2) is 6.91. The molecule has 1 aliphatic heterocycles. The van der Waals surface area contributed by atoms with Gasteiger partial charge in [-0.05, 0) is 38.9 Å². The maximum absolute atomic E-state index is 12.0. The second-order valence-electron chi connectivity index (χ2n) is 5.84. The molecule has 1 heterocycles. The Hall–Kier alpha value is -1.59. The van der Waals surface area contributed by atoms with Crippen molar-refractivity contribution in [1.29, 1.82) is 0 Å². The number of hydrogen-bond acceptors (Lipinski definition) is 4. The average Bonchev–Trinajstić information content (AvgIpc) is 2.40. The molecule has 1 fully saturated rings. The van der Waals surface area contributed by atoms with Gasteiger partial charge in [-0.2, -0.15) is 0 Å². The summed E-state index contributed by atoms with van der Waals surface area (Å²) < 4.78 is 5.70. The van der Waals surface area contributed by atoms with Gasteiger partial charge in [0.1, 0.15) is 5.75 Å². The highest BCUT2D eigenvalue weighted by Gasteiger charge is 2.16. The van der Waals surface area contributed by atoms with Crippen molar-refractivity contribution in [3.05, 3.63) is 28.8 Å². The number of hydrogen-bond donors (Lipinski definition) is 1. The molecule has 116 valence electrons. The van der Waals surface area contributed by atoms with Gasteiger partial charge in [-0.25, -0.2) is 5.01 Å². The third kappa shape index (κ3) is 4.44. The molecule has 0 unspecified atom stereocenters. The summed E-state index contributed by atoms with van der Waals surface area (Å²) in [6.45, 7) is 9.77. The molecule has 5 heteroatoms. The van der Waals surface area contributed by atoms with E-state index in [1.54, 1.807) is 0 Å².